The van der Waals surface area contributed by atoms with Crippen LogP contribution in [0, 0.1) is 0 Å². The van der Waals surface area contributed by atoms with Gasteiger partial charge in [0.1, 0.15) is 5.84 Å². The van der Waals surface area contributed by atoms with Gasteiger partial charge in [-0.05, 0) is 56.1 Å². The van der Waals surface area contributed by atoms with Crippen molar-refractivity contribution in [3.05, 3.63) is 278 Å². The maximum Gasteiger partial charge on any atom is 0.134 e. The predicted octanol–water partition coefficient (Wildman–Crippen LogP) is 15.9. The van der Waals surface area contributed by atoms with Crippen LogP contribution >= 0.6 is 0 Å². The highest BCUT2D eigenvalue weighted by Crippen LogP contribution is 2.49. The fourth-order valence-corrected chi connectivity index (χ4v) is 9.05. The first-order chi connectivity index (χ1) is 32.7. The summed E-state index contributed by atoms with van der Waals surface area (Å²) in [5.41, 5.74) is 19.7. The van der Waals surface area contributed by atoms with E-state index in [1.807, 2.05) is 6.07 Å². The Labute approximate surface area is 386 Å². The van der Waals surface area contributed by atoms with Crippen molar-refractivity contribution in [3.63, 3.8) is 0 Å². The van der Waals surface area contributed by atoms with Crippen LogP contribution in [-0.4, -0.2) is 10.8 Å². The third-order valence-corrected chi connectivity index (χ3v) is 12.4. The van der Waals surface area contributed by atoms with E-state index in [0.717, 1.165) is 89.7 Å². The molecule has 1 unspecified atom stereocenters. The second kappa shape index (κ2) is 18.2. The molecule has 0 aliphatic carbocycles. The van der Waals surface area contributed by atoms with Crippen LogP contribution in [0.5, 0.6) is 0 Å². The van der Waals surface area contributed by atoms with Crippen LogP contribution in [0.4, 0.5) is 0 Å². The summed E-state index contributed by atoms with van der Waals surface area (Å²) in [5.74, 6) is 0.846. The minimum absolute atomic E-state index is 0.0516. The lowest BCUT2D eigenvalue weighted by Crippen LogP contribution is -2.31. The van der Waals surface area contributed by atoms with Gasteiger partial charge in [-0.2, -0.15) is 0 Å². The van der Waals surface area contributed by atoms with Crippen LogP contribution in [0.25, 0.3) is 83.8 Å². The fraction of sp³-hybridized carbons (Fsp3) is 0.0159. The van der Waals surface area contributed by atoms with Crippen LogP contribution in [0.1, 0.15) is 22.7 Å². The molecule has 0 saturated heterocycles. The molecule has 0 amide bonds. The number of rotatable bonds is 10. The molecule has 10 aromatic rings. The molecule has 0 fully saturated rings. The molecule has 3 nitrogen and oxygen atoms in total. The maximum atomic E-state index is 5.60. The molecule has 1 N–H and O–H groups in total. The zero-order valence-corrected chi connectivity index (χ0v) is 36.3. The lowest BCUT2D eigenvalue weighted by atomic mass is 9.83. The maximum absolute atomic E-state index is 5.60. The second-order valence-corrected chi connectivity index (χ2v) is 16.5. The number of nitrogens with one attached hydrogen (secondary N) is 1. The smallest absolute Gasteiger partial charge is 0.134 e. The Morgan fingerprint density at radius 1 is 0.273 bits per heavy atom. The summed E-state index contributed by atoms with van der Waals surface area (Å²) in [7, 11) is 0. The molecule has 1 aliphatic rings. The zero-order chi connectivity index (χ0) is 44.1. The SMILES string of the molecule is C1=C(c2ccccc2)N=C(c2ccc(-c3ccc(-c4c(-c5ccccc5)c(-c5ccccc5)nc(-c5ccccc5)c4-c4ccccc4)cc3)cc2)NC1c1ccc(-c2ccccc2)cc1. The summed E-state index contributed by atoms with van der Waals surface area (Å²) in [5, 5.41) is 3.77. The first-order valence-electron chi connectivity index (χ1n) is 22.5. The first kappa shape index (κ1) is 40.1. The van der Waals surface area contributed by atoms with Gasteiger partial charge in [-0.1, -0.05) is 255 Å². The topological polar surface area (TPSA) is 37.3 Å². The highest BCUT2D eigenvalue weighted by Gasteiger charge is 2.25. The van der Waals surface area contributed by atoms with E-state index in [1.165, 1.54) is 16.7 Å². The number of hydrogen-bond donors (Lipinski definition) is 1. The molecule has 11 rings (SSSR count). The van der Waals surface area contributed by atoms with E-state index in [4.69, 9.17) is 9.98 Å². The molecule has 1 aromatic heterocycles. The first-order valence-corrected chi connectivity index (χ1v) is 22.5. The molecule has 0 bridgehead atoms. The molecule has 0 spiro atoms. The molecule has 9 aromatic carbocycles. The van der Waals surface area contributed by atoms with Gasteiger partial charge in [0.05, 0.1) is 23.1 Å². The summed E-state index contributed by atoms with van der Waals surface area (Å²) in [6.07, 6.45) is 2.23. The van der Waals surface area contributed by atoms with Gasteiger partial charge in [-0.15, -0.1) is 0 Å². The molecule has 0 radical (unpaired) electrons. The number of aliphatic imine (C=N–C) groups is 1. The number of amidine groups is 1. The van der Waals surface area contributed by atoms with Gasteiger partial charge in [0.2, 0.25) is 0 Å². The Morgan fingerprint density at radius 2 is 0.591 bits per heavy atom. The van der Waals surface area contributed by atoms with Crippen LogP contribution < -0.4 is 5.32 Å². The molecule has 312 valence electrons. The molecule has 0 saturated carbocycles. The molecule has 1 aliphatic heterocycles. The van der Waals surface area contributed by atoms with Crippen LogP contribution in [-0.2, 0) is 0 Å². The van der Waals surface area contributed by atoms with Gasteiger partial charge >= 0.3 is 0 Å². The molecule has 1 atom stereocenters. The highest BCUT2D eigenvalue weighted by molar-refractivity contribution is 6.06. The molecule has 2 heterocycles. The Kier molecular flexibility index (Phi) is 11.1. The highest BCUT2D eigenvalue weighted by atomic mass is 15.0. The average molecular weight is 844 g/mol. The molecule has 66 heavy (non-hydrogen) atoms. The Balaban J connectivity index is 0.982. The summed E-state index contributed by atoms with van der Waals surface area (Å²) in [6.45, 7) is 0. The largest absolute Gasteiger partial charge is 0.359 e. The summed E-state index contributed by atoms with van der Waals surface area (Å²) >= 11 is 0. The number of nitrogens with zero attached hydrogens (tertiary/aromatic N) is 2. The molecular formula is C63H45N3. The van der Waals surface area contributed by atoms with E-state index in [1.54, 1.807) is 0 Å². The quantitative estimate of drug-likeness (QED) is 0.149. The second-order valence-electron chi connectivity index (χ2n) is 16.5. The van der Waals surface area contributed by atoms with E-state index in [9.17, 15) is 0 Å². The predicted molar refractivity (Wildman–Crippen MR) is 276 cm³/mol. The van der Waals surface area contributed by atoms with Crippen LogP contribution in [0.2, 0.25) is 0 Å². The van der Waals surface area contributed by atoms with Gasteiger partial charge in [-0.25, -0.2) is 9.98 Å². The summed E-state index contributed by atoms with van der Waals surface area (Å²) in [4.78, 5) is 10.8. The van der Waals surface area contributed by atoms with E-state index in [0.29, 0.717) is 0 Å². The standard InChI is InChI=1S/C63H45N3/c1-7-19-44(20-8-1)45-31-37-49(38-32-45)57-43-56(48-21-9-2-10-22-48)64-63(65-57)55-41-35-47(36-42-55)46-33-39-52(40-34-46)58-59(50-23-11-3-12-24-50)61(53-27-15-5-16-28-53)66-62(54-29-17-6-18-30-54)60(58)51-25-13-4-14-26-51/h1-43,57H,(H,64,65). The third-order valence-electron chi connectivity index (χ3n) is 12.4. The van der Waals surface area contributed by atoms with Crippen molar-refractivity contribution in [3.8, 4) is 78.1 Å². The summed E-state index contributed by atoms with van der Waals surface area (Å²) in [6, 6.07) is 90.2. The Morgan fingerprint density at radius 3 is 1.03 bits per heavy atom. The van der Waals surface area contributed by atoms with Gasteiger partial charge in [0.25, 0.3) is 0 Å². The van der Waals surface area contributed by atoms with Gasteiger partial charge in [-0.3, -0.25) is 0 Å². The van der Waals surface area contributed by atoms with E-state index in [-0.39, 0.29) is 6.04 Å². The molecular weight excluding hydrogens is 799 g/mol. The zero-order valence-electron chi connectivity index (χ0n) is 36.3. The Bertz CT molecular complexity index is 3190. The van der Waals surface area contributed by atoms with Crippen molar-refractivity contribution in [1.82, 2.24) is 10.3 Å². The van der Waals surface area contributed by atoms with Crippen molar-refractivity contribution in [2.45, 2.75) is 6.04 Å². The van der Waals surface area contributed by atoms with Crippen molar-refractivity contribution in [2.24, 2.45) is 4.99 Å². The van der Waals surface area contributed by atoms with Gasteiger partial charge < -0.3 is 5.32 Å². The molecule has 3 heteroatoms. The minimum Gasteiger partial charge on any atom is -0.359 e. The average Bonchev–Trinajstić information content (AvgIpc) is 3.42. The number of pyridine rings is 1. The fourth-order valence-electron chi connectivity index (χ4n) is 9.05. The monoisotopic (exact) mass is 843 g/mol. The normalized spacial score (nSPS) is 13.3. The van der Waals surface area contributed by atoms with Crippen molar-refractivity contribution < 1.29 is 0 Å². The van der Waals surface area contributed by atoms with Crippen LogP contribution in [0.3, 0.4) is 0 Å². The number of aromatic nitrogens is 1. The van der Waals surface area contributed by atoms with Crippen molar-refractivity contribution in [2.75, 3.05) is 0 Å². The number of hydrogen-bond acceptors (Lipinski definition) is 3. The minimum atomic E-state index is -0.0516. The van der Waals surface area contributed by atoms with E-state index < -0.39 is 0 Å². The van der Waals surface area contributed by atoms with E-state index in [2.05, 4.69) is 260 Å². The summed E-state index contributed by atoms with van der Waals surface area (Å²) < 4.78 is 0. The Hall–Kier alpha value is -8.66. The third kappa shape index (κ3) is 8.18. The van der Waals surface area contributed by atoms with Gasteiger partial charge in [0.15, 0.2) is 0 Å². The number of benzene rings is 9. The van der Waals surface area contributed by atoms with Gasteiger partial charge in [0, 0.05) is 33.4 Å². The van der Waals surface area contributed by atoms with Crippen molar-refractivity contribution >= 4 is 11.5 Å². The van der Waals surface area contributed by atoms with E-state index >= 15 is 0 Å². The lowest BCUT2D eigenvalue weighted by molar-refractivity contribution is 0.781. The lowest BCUT2D eigenvalue weighted by Gasteiger charge is -2.25. The van der Waals surface area contributed by atoms with Crippen LogP contribution in [0.15, 0.2) is 266 Å². The van der Waals surface area contributed by atoms with Crippen molar-refractivity contribution in [1.29, 1.82) is 0 Å².